The van der Waals surface area contributed by atoms with Gasteiger partial charge in [-0.3, -0.25) is 19.3 Å². The van der Waals surface area contributed by atoms with E-state index in [2.05, 4.69) is 5.32 Å². The number of nitrogens with zero attached hydrogens (tertiary/aromatic N) is 2. The van der Waals surface area contributed by atoms with E-state index in [4.69, 9.17) is 9.47 Å². The van der Waals surface area contributed by atoms with E-state index in [0.717, 1.165) is 11.0 Å². The highest BCUT2D eigenvalue weighted by atomic mass is 19.4. The van der Waals surface area contributed by atoms with Crippen LogP contribution in [0.25, 0.3) is 0 Å². The van der Waals surface area contributed by atoms with Crippen LogP contribution in [-0.4, -0.2) is 42.0 Å². The number of para-hydroxylation sites is 1. The molecule has 0 unspecified atom stereocenters. The third-order valence-corrected chi connectivity index (χ3v) is 7.95. The van der Waals surface area contributed by atoms with Crippen molar-refractivity contribution in [2.45, 2.75) is 30.6 Å². The van der Waals surface area contributed by atoms with Crippen molar-refractivity contribution < 1.29 is 37.0 Å². The molecule has 180 valence electrons. The number of halogens is 3. The van der Waals surface area contributed by atoms with Gasteiger partial charge in [0, 0.05) is 17.7 Å². The first-order valence-corrected chi connectivity index (χ1v) is 11.3. The molecule has 0 saturated carbocycles. The first kappa shape index (κ1) is 20.7. The summed E-state index contributed by atoms with van der Waals surface area (Å²) in [5.41, 5.74) is -2.60. The molecule has 5 heterocycles. The molecule has 4 atom stereocenters. The highest BCUT2D eigenvalue weighted by molar-refractivity contribution is 6.26. The Kier molecular flexibility index (Phi) is 3.87. The lowest BCUT2D eigenvalue weighted by Gasteiger charge is -2.36. The number of hydrogen-bond acceptors (Lipinski definition) is 6. The molecule has 3 fully saturated rings. The molecule has 1 spiro atoms. The molecule has 2 aromatic carbocycles. The van der Waals surface area contributed by atoms with Crippen molar-refractivity contribution in [1.82, 2.24) is 4.90 Å². The van der Waals surface area contributed by atoms with Gasteiger partial charge in [0.05, 0.1) is 28.8 Å². The molecule has 7 rings (SSSR count). The molecule has 0 aliphatic carbocycles. The zero-order chi connectivity index (χ0) is 24.3. The second-order valence-corrected chi connectivity index (χ2v) is 9.40. The maximum absolute atomic E-state index is 13.9. The lowest BCUT2D eigenvalue weighted by Crippen LogP contribution is -2.54. The number of rotatable bonds is 1. The Morgan fingerprint density at radius 1 is 1.03 bits per heavy atom. The summed E-state index contributed by atoms with van der Waals surface area (Å²) in [6.45, 7) is 0.427. The zero-order valence-electron chi connectivity index (χ0n) is 18.1. The van der Waals surface area contributed by atoms with E-state index in [9.17, 15) is 27.6 Å². The SMILES string of the molecule is O=C1[C@H]2[C@@H](C(=O)N1c1ccc3c(c1)OCO3)[C@]1(C(=O)Nc3c(C(F)(F)F)cccc31)N1CCC[C@@H]21. The quantitative estimate of drug-likeness (QED) is 0.626. The summed E-state index contributed by atoms with van der Waals surface area (Å²) in [4.78, 5) is 44.1. The number of hydrogen-bond donors (Lipinski definition) is 1. The van der Waals surface area contributed by atoms with Gasteiger partial charge < -0.3 is 14.8 Å². The molecule has 0 radical (unpaired) electrons. The summed E-state index contributed by atoms with van der Waals surface area (Å²) in [6, 6.07) is 7.88. The second-order valence-electron chi connectivity index (χ2n) is 9.40. The second kappa shape index (κ2) is 6.54. The van der Waals surface area contributed by atoms with E-state index in [0.29, 0.717) is 30.9 Å². The first-order valence-electron chi connectivity index (χ1n) is 11.3. The Bertz CT molecular complexity index is 1340. The standard InChI is InChI=1S/C24H18F3N3O5/c25-24(26,27)13-4-1-3-12-19(13)28-22(33)23(12)18-17(14-5-2-8-29(14)23)20(31)30(21(18)32)11-6-7-15-16(9-11)35-10-34-15/h1,3-4,6-7,9,14,17-18H,2,5,8,10H2,(H,28,33)/t14-,17+,18-,23+/m0/s1. The highest BCUT2D eigenvalue weighted by Gasteiger charge is 2.75. The third kappa shape index (κ3) is 2.38. The van der Waals surface area contributed by atoms with Gasteiger partial charge in [0.25, 0.3) is 0 Å². The van der Waals surface area contributed by atoms with Crippen LogP contribution in [0.3, 0.4) is 0 Å². The van der Waals surface area contributed by atoms with Crippen LogP contribution in [0.15, 0.2) is 36.4 Å². The maximum atomic E-state index is 13.9. The summed E-state index contributed by atoms with van der Waals surface area (Å²) < 4.78 is 52.1. The van der Waals surface area contributed by atoms with Crippen molar-refractivity contribution in [3.05, 3.63) is 47.5 Å². The van der Waals surface area contributed by atoms with Crippen LogP contribution in [0.2, 0.25) is 0 Å². The summed E-state index contributed by atoms with van der Waals surface area (Å²) in [5, 5.41) is 2.44. The molecule has 11 heteroatoms. The van der Waals surface area contributed by atoms with E-state index in [-0.39, 0.29) is 23.7 Å². The molecule has 8 nitrogen and oxygen atoms in total. The number of ether oxygens (including phenoxy) is 2. The van der Waals surface area contributed by atoms with Crippen LogP contribution in [0.1, 0.15) is 24.0 Å². The summed E-state index contributed by atoms with van der Waals surface area (Å²) in [5.74, 6) is -2.88. The smallest absolute Gasteiger partial charge is 0.418 e. The zero-order valence-corrected chi connectivity index (χ0v) is 18.1. The van der Waals surface area contributed by atoms with E-state index < -0.39 is 52.9 Å². The average molecular weight is 485 g/mol. The van der Waals surface area contributed by atoms with Gasteiger partial charge in [-0.15, -0.1) is 0 Å². The van der Waals surface area contributed by atoms with Gasteiger partial charge in [0.15, 0.2) is 11.5 Å². The summed E-state index contributed by atoms with van der Waals surface area (Å²) >= 11 is 0. The molecular weight excluding hydrogens is 467 g/mol. The van der Waals surface area contributed by atoms with Gasteiger partial charge >= 0.3 is 6.18 Å². The average Bonchev–Trinajstić information content (AvgIpc) is 3.59. The minimum atomic E-state index is -4.69. The largest absolute Gasteiger partial charge is 0.454 e. The van der Waals surface area contributed by atoms with Crippen molar-refractivity contribution in [1.29, 1.82) is 0 Å². The van der Waals surface area contributed by atoms with E-state index in [1.165, 1.54) is 18.2 Å². The van der Waals surface area contributed by atoms with E-state index >= 15 is 0 Å². The lowest BCUT2D eigenvalue weighted by atomic mass is 9.75. The number of carbonyl (C=O) groups excluding carboxylic acids is 3. The summed E-state index contributed by atoms with van der Waals surface area (Å²) in [7, 11) is 0. The Morgan fingerprint density at radius 3 is 2.63 bits per heavy atom. The van der Waals surface area contributed by atoms with Crippen molar-refractivity contribution in [3.8, 4) is 11.5 Å². The van der Waals surface area contributed by atoms with Crippen LogP contribution >= 0.6 is 0 Å². The molecule has 1 N–H and O–H groups in total. The molecule has 5 aliphatic rings. The number of alkyl halides is 3. The Labute approximate surface area is 196 Å². The Balaban J connectivity index is 1.41. The van der Waals surface area contributed by atoms with Crippen LogP contribution in [-0.2, 0) is 26.1 Å². The van der Waals surface area contributed by atoms with Gasteiger partial charge in [-0.1, -0.05) is 12.1 Å². The molecule has 3 amide bonds. The predicted molar refractivity (Wildman–Crippen MR) is 114 cm³/mol. The van der Waals surface area contributed by atoms with Crippen molar-refractivity contribution >= 4 is 29.1 Å². The first-order chi connectivity index (χ1) is 16.7. The van der Waals surface area contributed by atoms with Gasteiger partial charge in [0.2, 0.25) is 24.5 Å². The number of fused-ring (bicyclic) bond motifs is 8. The van der Waals surface area contributed by atoms with Crippen LogP contribution in [0, 0.1) is 11.8 Å². The third-order valence-electron chi connectivity index (χ3n) is 7.95. The van der Waals surface area contributed by atoms with E-state index in [1.807, 2.05) is 0 Å². The molecule has 0 bridgehead atoms. The lowest BCUT2D eigenvalue weighted by molar-refractivity contribution is -0.137. The molecule has 0 aromatic heterocycles. The van der Waals surface area contributed by atoms with Crippen LogP contribution in [0.5, 0.6) is 11.5 Å². The minimum absolute atomic E-state index is 0.0184. The Morgan fingerprint density at radius 2 is 1.83 bits per heavy atom. The monoisotopic (exact) mass is 485 g/mol. The number of anilines is 2. The molecule has 35 heavy (non-hydrogen) atoms. The number of amides is 3. The Hall–Kier alpha value is -3.60. The summed E-state index contributed by atoms with van der Waals surface area (Å²) in [6.07, 6.45) is -3.46. The maximum Gasteiger partial charge on any atom is 0.418 e. The molecular formula is C24H18F3N3O5. The van der Waals surface area contributed by atoms with Crippen molar-refractivity contribution in [2.75, 3.05) is 23.6 Å². The topological polar surface area (TPSA) is 88.2 Å². The van der Waals surface area contributed by atoms with Gasteiger partial charge in [-0.2, -0.15) is 13.2 Å². The highest BCUT2D eigenvalue weighted by Crippen LogP contribution is 2.61. The fourth-order valence-corrected chi connectivity index (χ4v) is 6.75. The molecule has 5 aliphatic heterocycles. The van der Waals surface area contributed by atoms with Crippen LogP contribution < -0.4 is 19.7 Å². The fourth-order valence-electron chi connectivity index (χ4n) is 6.75. The number of carbonyl (C=O) groups is 3. The van der Waals surface area contributed by atoms with Gasteiger partial charge in [0.1, 0.15) is 5.54 Å². The molecule has 3 saturated heterocycles. The number of benzene rings is 2. The van der Waals surface area contributed by atoms with Crippen LogP contribution in [0.4, 0.5) is 24.5 Å². The fraction of sp³-hybridized carbons (Fsp3) is 0.375. The normalized spacial score (nSPS) is 30.8. The minimum Gasteiger partial charge on any atom is -0.454 e. The van der Waals surface area contributed by atoms with Gasteiger partial charge in [-0.25, -0.2) is 4.90 Å². The van der Waals surface area contributed by atoms with Crippen molar-refractivity contribution in [2.24, 2.45) is 11.8 Å². The molecule has 2 aromatic rings. The van der Waals surface area contributed by atoms with Gasteiger partial charge in [-0.05, 0) is 37.6 Å². The number of nitrogens with one attached hydrogen (secondary N) is 1. The van der Waals surface area contributed by atoms with E-state index in [1.54, 1.807) is 17.0 Å². The predicted octanol–water partition coefficient (Wildman–Crippen LogP) is 2.87. The number of imide groups is 1. The van der Waals surface area contributed by atoms with Crippen molar-refractivity contribution in [3.63, 3.8) is 0 Å².